The van der Waals surface area contributed by atoms with Crippen LogP contribution in [0.2, 0.25) is 0 Å². The summed E-state index contributed by atoms with van der Waals surface area (Å²) in [5.41, 5.74) is 2.30. The van der Waals surface area contributed by atoms with Crippen LogP contribution >= 0.6 is 12.6 Å². The third-order valence-corrected chi connectivity index (χ3v) is 5.13. The van der Waals surface area contributed by atoms with Crippen molar-refractivity contribution in [2.75, 3.05) is 7.11 Å². The smallest absolute Gasteiger partial charge is 0.119 e. The van der Waals surface area contributed by atoms with Crippen LogP contribution in [0.15, 0.2) is 22.0 Å². The number of rotatable bonds is 3. The van der Waals surface area contributed by atoms with Crippen molar-refractivity contribution in [3.8, 4) is 5.75 Å². The minimum Gasteiger partial charge on any atom is -0.497 e. The Morgan fingerprint density at radius 2 is 1.91 bits per heavy atom. The van der Waals surface area contributed by atoms with Crippen molar-refractivity contribution in [2.24, 2.45) is 10.9 Å². The third kappa shape index (κ3) is 4.07. The van der Waals surface area contributed by atoms with Crippen LogP contribution in [0.25, 0.3) is 0 Å². The molecule has 0 saturated heterocycles. The van der Waals surface area contributed by atoms with Crippen LogP contribution in [0, 0.1) is 5.92 Å². The molecule has 1 aliphatic rings. The van der Waals surface area contributed by atoms with E-state index in [9.17, 15) is 0 Å². The van der Waals surface area contributed by atoms with Gasteiger partial charge in [-0.2, -0.15) is 0 Å². The average molecular weight is 320 g/mol. The first-order valence-corrected chi connectivity index (χ1v) is 8.72. The first-order chi connectivity index (χ1) is 10.3. The summed E-state index contributed by atoms with van der Waals surface area (Å²) in [7, 11) is 1.71. The Morgan fingerprint density at radius 1 is 1.23 bits per heavy atom. The van der Waals surface area contributed by atoms with Gasteiger partial charge in [0.05, 0.1) is 13.2 Å². The Bertz CT molecular complexity index is 545. The lowest BCUT2D eigenvalue weighted by atomic mass is 9.85. The summed E-state index contributed by atoms with van der Waals surface area (Å²) in [6, 6.07) is 4.57. The maximum absolute atomic E-state index is 5.46. The average Bonchev–Trinajstić information content (AvgIpc) is 2.46. The van der Waals surface area contributed by atoms with Gasteiger partial charge in [0.1, 0.15) is 5.75 Å². The summed E-state index contributed by atoms with van der Waals surface area (Å²) in [6.07, 6.45) is 7.15. The molecule has 0 bridgehead atoms. The molecular formula is C19H29NOS. The Labute approximate surface area is 140 Å². The van der Waals surface area contributed by atoms with Crippen LogP contribution < -0.4 is 4.74 Å². The van der Waals surface area contributed by atoms with E-state index in [1.165, 1.54) is 31.2 Å². The van der Waals surface area contributed by atoms with Crippen molar-refractivity contribution in [3.63, 3.8) is 0 Å². The topological polar surface area (TPSA) is 21.6 Å². The molecule has 1 aliphatic carbocycles. The van der Waals surface area contributed by atoms with Crippen LogP contribution in [0.3, 0.4) is 0 Å². The van der Waals surface area contributed by atoms with Gasteiger partial charge in [0.2, 0.25) is 0 Å². The monoisotopic (exact) mass is 319 g/mol. The van der Waals surface area contributed by atoms with E-state index in [2.05, 4.69) is 33.8 Å². The van der Waals surface area contributed by atoms with Gasteiger partial charge in [0.15, 0.2) is 0 Å². The summed E-state index contributed by atoms with van der Waals surface area (Å²) in [4.78, 5) is 5.88. The lowest BCUT2D eigenvalue weighted by molar-refractivity contribution is 0.333. The van der Waals surface area contributed by atoms with Crippen molar-refractivity contribution in [3.05, 3.63) is 23.3 Å². The molecule has 0 aliphatic heterocycles. The summed E-state index contributed by atoms with van der Waals surface area (Å²) < 4.78 is 5.46. The molecule has 122 valence electrons. The molecule has 0 amide bonds. The Balaban J connectivity index is 2.33. The van der Waals surface area contributed by atoms with Crippen LogP contribution in [0.4, 0.5) is 0 Å². The predicted molar refractivity (Wildman–Crippen MR) is 98.0 cm³/mol. The van der Waals surface area contributed by atoms with Crippen LogP contribution in [0.1, 0.15) is 64.5 Å². The van der Waals surface area contributed by atoms with Gasteiger partial charge < -0.3 is 4.74 Å². The highest BCUT2D eigenvalue weighted by atomic mass is 32.1. The van der Waals surface area contributed by atoms with Crippen LogP contribution in [-0.4, -0.2) is 19.4 Å². The number of methoxy groups -OCH3 is 1. The van der Waals surface area contributed by atoms with Crippen molar-refractivity contribution in [1.29, 1.82) is 0 Å². The van der Waals surface area contributed by atoms with E-state index < -0.39 is 0 Å². The zero-order chi connectivity index (χ0) is 16.3. The molecule has 0 N–H and O–H groups in total. The first-order valence-electron chi connectivity index (χ1n) is 8.27. The number of aliphatic imine (C=N–C) groups is 1. The van der Waals surface area contributed by atoms with E-state index >= 15 is 0 Å². The number of hydrogen-bond donors (Lipinski definition) is 1. The SMILES string of the molecule is COc1cc(C=NC2CCCCC2C)c(S)c(C(C)(C)C)c1. The number of hydrogen-bond acceptors (Lipinski definition) is 3. The minimum atomic E-state index is 0.0341. The fraction of sp³-hybridized carbons (Fsp3) is 0.632. The molecular weight excluding hydrogens is 290 g/mol. The van der Waals surface area contributed by atoms with Gasteiger partial charge >= 0.3 is 0 Å². The molecule has 2 unspecified atom stereocenters. The van der Waals surface area contributed by atoms with Crippen molar-refractivity contribution in [2.45, 2.75) is 69.7 Å². The van der Waals surface area contributed by atoms with Gasteiger partial charge in [-0.1, -0.05) is 40.5 Å². The molecule has 1 aromatic rings. The molecule has 22 heavy (non-hydrogen) atoms. The van der Waals surface area contributed by atoms with E-state index in [1.807, 2.05) is 12.3 Å². The zero-order valence-electron chi connectivity index (χ0n) is 14.5. The highest BCUT2D eigenvalue weighted by Gasteiger charge is 2.22. The van der Waals surface area contributed by atoms with Gasteiger partial charge in [-0.05, 0) is 41.9 Å². The molecule has 1 fully saturated rings. The molecule has 0 spiro atoms. The fourth-order valence-corrected chi connectivity index (χ4v) is 3.63. The van der Waals surface area contributed by atoms with E-state index in [0.717, 1.165) is 16.2 Å². The number of benzene rings is 1. The van der Waals surface area contributed by atoms with Gasteiger partial charge in [-0.25, -0.2) is 0 Å². The molecule has 1 aromatic carbocycles. The summed E-state index contributed by atoms with van der Waals surface area (Å²) in [5, 5.41) is 0. The number of nitrogens with zero attached hydrogens (tertiary/aromatic N) is 1. The third-order valence-electron chi connectivity index (χ3n) is 4.63. The van der Waals surface area contributed by atoms with Gasteiger partial charge in [-0.15, -0.1) is 12.6 Å². The highest BCUT2D eigenvalue weighted by molar-refractivity contribution is 7.80. The zero-order valence-corrected chi connectivity index (χ0v) is 15.4. The van der Waals surface area contributed by atoms with Crippen molar-refractivity contribution >= 4 is 18.8 Å². The molecule has 2 atom stereocenters. The number of ether oxygens (including phenoxy) is 1. The van der Waals surface area contributed by atoms with Crippen LogP contribution in [0.5, 0.6) is 5.75 Å². The second-order valence-corrected chi connectivity index (χ2v) is 7.92. The van der Waals surface area contributed by atoms with Gasteiger partial charge in [0, 0.05) is 16.7 Å². The van der Waals surface area contributed by atoms with Gasteiger partial charge in [0.25, 0.3) is 0 Å². The van der Waals surface area contributed by atoms with Crippen LogP contribution in [-0.2, 0) is 5.41 Å². The second-order valence-electron chi connectivity index (χ2n) is 7.47. The molecule has 0 radical (unpaired) electrons. The Kier molecular flexibility index (Phi) is 5.60. The first kappa shape index (κ1) is 17.4. The fourth-order valence-electron chi connectivity index (χ4n) is 3.11. The Morgan fingerprint density at radius 3 is 2.50 bits per heavy atom. The predicted octanol–water partition coefficient (Wildman–Crippen LogP) is 5.28. The largest absolute Gasteiger partial charge is 0.497 e. The maximum atomic E-state index is 5.46. The molecule has 1 saturated carbocycles. The van der Waals surface area contributed by atoms with E-state index in [0.29, 0.717) is 12.0 Å². The lowest BCUT2D eigenvalue weighted by Gasteiger charge is -2.26. The van der Waals surface area contributed by atoms with E-state index in [-0.39, 0.29) is 5.41 Å². The Hall–Kier alpha value is -0.960. The number of thiol groups is 1. The summed E-state index contributed by atoms with van der Waals surface area (Å²) in [6.45, 7) is 8.91. The summed E-state index contributed by atoms with van der Waals surface area (Å²) >= 11 is 4.76. The minimum absolute atomic E-state index is 0.0341. The van der Waals surface area contributed by atoms with E-state index in [1.54, 1.807) is 7.11 Å². The molecule has 0 aromatic heterocycles. The molecule has 2 rings (SSSR count). The second kappa shape index (κ2) is 7.08. The van der Waals surface area contributed by atoms with Crippen molar-refractivity contribution in [1.82, 2.24) is 0 Å². The summed E-state index contributed by atoms with van der Waals surface area (Å²) in [5.74, 6) is 1.56. The lowest BCUT2D eigenvalue weighted by Crippen LogP contribution is -2.20. The van der Waals surface area contributed by atoms with E-state index in [4.69, 9.17) is 22.4 Å². The maximum Gasteiger partial charge on any atom is 0.119 e. The standard InChI is InChI=1S/C19H29NOS/c1-13-8-6-7-9-17(13)20-12-14-10-15(21-5)11-16(18(14)22)19(2,3)4/h10-13,17,22H,6-9H2,1-5H3. The highest BCUT2D eigenvalue weighted by Crippen LogP contribution is 2.34. The molecule has 0 heterocycles. The molecule has 2 nitrogen and oxygen atoms in total. The quantitative estimate of drug-likeness (QED) is 0.594. The van der Waals surface area contributed by atoms with Crippen molar-refractivity contribution < 1.29 is 4.74 Å². The normalized spacial score (nSPS) is 23.0. The molecule has 3 heteroatoms. The van der Waals surface area contributed by atoms with Gasteiger partial charge in [-0.3, -0.25) is 4.99 Å².